The van der Waals surface area contributed by atoms with E-state index in [-0.39, 0.29) is 6.61 Å². The highest BCUT2D eigenvalue weighted by Gasteiger charge is 2.01. The lowest BCUT2D eigenvalue weighted by atomic mass is 10.0. The molecule has 0 spiro atoms. The van der Waals surface area contributed by atoms with E-state index >= 15 is 0 Å². The molecule has 0 aliphatic carbocycles. The first-order valence-corrected chi connectivity index (χ1v) is 10.6. The molecule has 0 atom stereocenters. The summed E-state index contributed by atoms with van der Waals surface area (Å²) < 4.78 is 0. The van der Waals surface area contributed by atoms with Crippen LogP contribution in [0.15, 0.2) is 12.2 Å². The number of hydrogen-bond donors (Lipinski definition) is 1. The maximum absolute atomic E-state index is 11.6. The minimum absolute atomic E-state index is 0.209. The van der Waals surface area contributed by atoms with Crippen molar-refractivity contribution >= 4 is 5.78 Å². The van der Waals surface area contributed by atoms with Crippen molar-refractivity contribution in [3.05, 3.63) is 12.2 Å². The molecule has 0 saturated heterocycles. The summed E-state index contributed by atoms with van der Waals surface area (Å²) in [6.45, 7) is 2.48. The van der Waals surface area contributed by atoms with E-state index < -0.39 is 0 Å². The van der Waals surface area contributed by atoms with Crippen molar-refractivity contribution in [3.63, 3.8) is 0 Å². The fourth-order valence-corrected chi connectivity index (χ4v) is 2.95. The molecular weight excluding hydrogens is 296 g/mol. The highest BCUT2D eigenvalue weighted by molar-refractivity contribution is 5.78. The van der Waals surface area contributed by atoms with E-state index in [0.717, 1.165) is 25.7 Å². The van der Waals surface area contributed by atoms with Gasteiger partial charge in [0.05, 0.1) is 0 Å². The van der Waals surface area contributed by atoms with Crippen LogP contribution in [-0.2, 0) is 4.79 Å². The first kappa shape index (κ1) is 23.4. The molecule has 0 heterocycles. The summed E-state index contributed by atoms with van der Waals surface area (Å²) in [5, 5.41) is 8.68. The van der Waals surface area contributed by atoms with Crippen molar-refractivity contribution in [2.24, 2.45) is 0 Å². The minimum atomic E-state index is 0.209. The van der Waals surface area contributed by atoms with Gasteiger partial charge >= 0.3 is 0 Å². The molecule has 0 aromatic heterocycles. The van der Waals surface area contributed by atoms with Crippen molar-refractivity contribution in [1.82, 2.24) is 0 Å². The smallest absolute Gasteiger partial charge is 0.132 e. The molecule has 0 saturated carbocycles. The third kappa shape index (κ3) is 19.4. The molecule has 142 valence electrons. The van der Waals surface area contributed by atoms with Crippen LogP contribution in [0.2, 0.25) is 0 Å². The Hall–Kier alpha value is -0.630. The molecule has 2 nitrogen and oxygen atoms in total. The van der Waals surface area contributed by atoms with Crippen LogP contribution in [-0.4, -0.2) is 17.5 Å². The Morgan fingerprint density at radius 2 is 1.12 bits per heavy atom. The van der Waals surface area contributed by atoms with Gasteiger partial charge in [0, 0.05) is 19.4 Å². The van der Waals surface area contributed by atoms with E-state index in [1.54, 1.807) is 0 Å². The van der Waals surface area contributed by atoms with E-state index in [4.69, 9.17) is 5.11 Å². The van der Waals surface area contributed by atoms with Gasteiger partial charge in [-0.3, -0.25) is 4.79 Å². The number of rotatable bonds is 19. The number of Topliss-reactive ketones (excluding diaryl/α,β-unsaturated/α-hetero) is 1. The number of ketones is 1. The maximum Gasteiger partial charge on any atom is 0.132 e. The quantitative estimate of drug-likeness (QED) is 0.209. The molecule has 0 bridgehead atoms. The second kappa shape index (κ2) is 20.4. The summed E-state index contributed by atoms with van der Waals surface area (Å²) in [5.74, 6) is 0.376. The SMILES string of the molecule is CCCCCCCC/C=C\CCCCCCCC(=O)CCCCO. The first-order valence-electron chi connectivity index (χ1n) is 10.6. The second-order valence-corrected chi connectivity index (χ2v) is 7.05. The lowest BCUT2D eigenvalue weighted by molar-refractivity contribution is -0.119. The third-order valence-electron chi connectivity index (χ3n) is 4.58. The van der Waals surface area contributed by atoms with Gasteiger partial charge in [-0.15, -0.1) is 0 Å². The Kier molecular flexibility index (Phi) is 19.9. The summed E-state index contributed by atoms with van der Waals surface area (Å²) in [6, 6.07) is 0. The predicted octanol–water partition coefficient (Wildman–Crippen LogP) is 6.76. The van der Waals surface area contributed by atoms with E-state index in [2.05, 4.69) is 19.1 Å². The van der Waals surface area contributed by atoms with Crippen LogP contribution in [0.5, 0.6) is 0 Å². The summed E-state index contributed by atoms with van der Waals surface area (Å²) >= 11 is 0. The van der Waals surface area contributed by atoms with Gasteiger partial charge in [-0.05, 0) is 44.9 Å². The lowest BCUT2D eigenvalue weighted by Gasteiger charge is -2.01. The summed E-state index contributed by atoms with van der Waals surface area (Å²) in [5.41, 5.74) is 0. The third-order valence-corrected chi connectivity index (χ3v) is 4.58. The molecule has 2 heteroatoms. The van der Waals surface area contributed by atoms with Crippen LogP contribution in [0, 0.1) is 0 Å². The Morgan fingerprint density at radius 1 is 0.667 bits per heavy atom. The zero-order chi connectivity index (χ0) is 17.7. The number of carbonyl (C=O) groups is 1. The predicted molar refractivity (Wildman–Crippen MR) is 105 cm³/mol. The standard InChI is InChI=1S/C22H42O2/c1-2-3-4-5-6-7-8-9-10-11-12-13-14-15-16-19-22(24)20-17-18-21-23/h9-10,23H,2-8,11-21H2,1H3/b10-9-. The van der Waals surface area contributed by atoms with Gasteiger partial charge in [0.1, 0.15) is 5.78 Å². The van der Waals surface area contributed by atoms with E-state index in [9.17, 15) is 4.79 Å². The van der Waals surface area contributed by atoms with E-state index in [1.165, 1.54) is 77.0 Å². The Labute approximate surface area is 151 Å². The zero-order valence-electron chi connectivity index (χ0n) is 16.2. The summed E-state index contributed by atoms with van der Waals surface area (Å²) in [4.78, 5) is 11.6. The van der Waals surface area contributed by atoms with Gasteiger partial charge in [-0.1, -0.05) is 70.4 Å². The fourth-order valence-electron chi connectivity index (χ4n) is 2.95. The second-order valence-electron chi connectivity index (χ2n) is 7.05. The van der Waals surface area contributed by atoms with Crippen LogP contribution < -0.4 is 0 Å². The molecule has 0 radical (unpaired) electrons. The average molecular weight is 339 g/mol. The number of carbonyl (C=O) groups excluding carboxylic acids is 1. The van der Waals surface area contributed by atoms with Gasteiger partial charge in [0.2, 0.25) is 0 Å². The van der Waals surface area contributed by atoms with Crippen LogP contribution in [0.1, 0.15) is 116 Å². The van der Waals surface area contributed by atoms with E-state index in [0.29, 0.717) is 12.2 Å². The van der Waals surface area contributed by atoms with Gasteiger partial charge in [-0.25, -0.2) is 0 Å². The summed E-state index contributed by atoms with van der Waals surface area (Å²) in [7, 11) is 0. The molecule has 0 amide bonds. The lowest BCUT2D eigenvalue weighted by Crippen LogP contribution is -1.98. The minimum Gasteiger partial charge on any atom is -0.396 e. The molecule has 0 aliphatic heterocycles. The molecule has 0 fully saturated rings. The number of allylic oxidation sites excluding steroid dienone is 2. The highest BCUT2D eigenvalue weighted by atomic mass is 16.2. The van der Waals surface area contributed by atoms with Crippen LogP contribution >= 0.6 is 0 Å². The van der Waals surface area contributed by atoms with Gasteiger partial charge in [0.25, 0.3) is 0 Å². The fraction of sp³-hybridized carbons (Fsp3) is 0.864. The van der Waals surface area contributed by atoms with Gasteiger partial charge < -0.3 is 5.11 Å². The topological polar surface area (TPSA) is 37.3 Å². The molecule has 24 heavy (non-hydrogen) atoms. The number of aliphatic hydroxyl groups is 1. The van der Waals surface area contributed by atoms with Gasteiger partial charge in [0.15, 0.2) is 0 Å². The number of aliphatic hydroxyl groups excluding tert-OH is 1. The molecule has 0 rings (SSSR count). The highest BCUT2D eigenvalue weighted by Crippen LogP contribution is 2.11. The largest absolute Gasteiger partial charge is 0.396 e. The maximum atomic E-state index is 11.6. The number of hydrogen-bond acceptors (Lipinski definition) is 2. The average Bonchev–Trinajstić information content (AvgIpc) is 2.58. The normalized spacial score (nSPS) is 11.4. The van der Waals surface area contributed by atoms with Crippen molar-refractivity contribution < 1.29 is 9.90 Å². The van der Waals surface area contributed by atoms with Crippen LogP contribution in [0.4, 0.5) is 0 Å². The van der Waals surface area contributed by atoms with Crippen molar-refractivity contribution in [2.75, 3.05) is 6.61 Å². The van der Waals surface area contributed by atoms with Crippen molar-refractivity contribution in [1.29, 1.82) is 0 Å². The van der Waals surface area contributed by atoms with Gasteiger partial charge in [-0.2, -0.15) is 0 Å². The van der Waals surface area contributed by atoms with Crippen LogP contribution in [0.3, 0.4) is 0 Å². The molecule has 0 aromatic rings. The van der Waals surface area contributed by atoms with Crippen molar-refractivity contribution in [2.45, 2.75) is 116 Å². The monoisotopic (exact) mass is 338 g/mol. The zero-order valence-corrected chi connectivity index (χ0v) is 16.2. The summed E-state index contributed by atoms with van der Waals surface area (Å²) in [6.07, 6.45) is 24.6. The molecule has 0 aromatic carbocycles. The molecular formula is C22H42O2. The van der Waals surface area contributed by atoms with Crippen LogP contribution in [0.25, 0.3) is 0 Å². The van der Waals surface area contributed by atoms with Crippen molar-refractivity contribution in [3.8, 4) is 0 Å². The Bertz CT molecular complexity index is 284. The molecule has 0 unspecified atom stereocenters. The molecule has 1 N–H and O–H groups in total. The Balaban J connectivity index is 3.16. The first-order chi connectivity index (χ1) is 11.8. The van der Waals surface area contributed by atoms with E-state index in [1.807, 2.05) is 0 Å². The molecule has 0 aliphatic rings. The Morgan fingerprint density at radius 3 is 1.67 bits per heavy atom. The number of unbranched alkanes of at least 4 members (excludes halogenated alkanes) is 12.